The Morgan fingerprint density at radius 3 is 2.67 bits per heavy atom. The number of anilines is 1. The van der Waals surface area contributed by atoms with Crippen molar-refractivity contribution in [3.63, 3.8) is 0 Å². The zero-order valence-electron chi connectivity index (χ0n) is 7.67. The molecular weight excluding hydrogens is 230 g/mol. The molecule has 0 spiro atoms. The first-order valence-corrected chi connectivity index (χ1v) is 6.58. The highest BCUT2D eigenvalue weighted by atomic mass is 32.2. The molecule has 1 heterocycles. The lowest BCUT2D eigenvalue weighted by Gasteiger charge is -2.04. The van der Waals surface area contributed by atoms with E-state index in [0.29, 0.717) is 9.90 Å². The maximum absolute atomic E-state index is 11.7. The summed E-state index contributed by atoms with van der Waals surface area (Å²) < 4.78 is 26.2. The van der Waals surface area contributed by atoms with Gasteiger partial charge in [0, 0.05) is 6.07 Å². The number of nitrogens with one attached hydrogen (secondary N) is 1. The fraction of sp³-hybridized carbons (Fsp3) is 0. The molecule has 0 fully saturated rings. The average Bonchev–Trinajstić information content (AvgIpc) is 2.71. The summed E-state index contributed by atoms with van der Waals surface area (Å²) in [6.07, 6.45) is 0. The van der Waals surface area contributed by atoms with Gasteiger partial charge in [0.1, 0.15) is 4.21 Å². The summed E-state index contributed by atoms with van der Waals surface area (Å²) in [7, 11) is -3.43. The Bertz CT molecular complexity index is 518. The van der Waals surface area contributed by atoms with Crippen molar-refractivity contribution in [2.45, 2.75) is 4.21 Å². The largest absolute Gasteiger partial charge is 0.278 e. The Morgan fingerprint density at radius 2 is 2.07 bits per heavy atom. The smallest absolute Gasteiger partial charge is 0.271 e. The minimum atomic E-state index is -3.43. The first-order chi connectivity index (χ1) is 7.18. The van der Waals surface area contributed by atoms with Crippen LogP contribution in [0.1, 0.15) is 0 Å². The quantitative estimate of drug-likeness (QED) is 0.892. The van der Waals surface area contributed by atoms with Crippen LogP contribution in [0.5, 0.6) is 0 Å². The molecule has 77 valence electrons. The van der Waals surface area contributed by atoms with Gasteiger partial charge >= 0.3 is 0 Å². The van der Waals surface area contributed by atoms with Crippen LogP contribution in [0.4, 0.5) is 5.69 Å². The highest BCUT2D eigenvalue weighted by Gasteiger charge is 2.14. The van der Waals surface area contributed by atoms with Crippen molar-refractivity contribution in [1.29, 1.82) is 0 Å². The fourth-order valence-electron chi connectivity index (χ4n) is 1.07. The van der Waals surface area contributed by atoms with Crippen molar-refractivity contribution >= 4 is 27.0 Å². The number of rotatable bonds is 3. The van der Waals surface area contributed by atoms with Crippen molar-refractivity contribution < 1.29 is 8.42 Å². The molecule has 2 rings (SSSR count). The number of para-hydroxylation sites is 1. The summed E-state index contributed by atoms with van der Waals surface area (Å²) in [5.41, 5.74) is 0.450. The molecule has 0 aliphatic carbocycles. The Kier molecular flexibility index (Phi) is 2.75. The van der Waals surface area contributed by atoms with Crippen molar-refractivity contribution in [3.8, 4) is 0 Å². The standard InChI is InChI=1S/C10H8NO2S2/c12-15(13,10-7-4-8-14-10)11-9-5-2-1-3-6-9/h1-5,7-8,11H. The number of hydrogen-bond acceptors (Lipinski definition) is 3. The van der Waals surface area contributed by atoms with Crippen LogP contribution in [-0.4, -0.2) is 8.42 Å². The Hall–Kier alpha value is -1.33. The first-order valence-electron chi connectivity index (χ1n) is 4.21. The van der Waals surface area contributed by atoms with E-state index < -0.39 is 10.0 Å². The SMILES string of the molecule is O=S(=O)(Nc1[c]cccc1)c1cccs1. The molecule has 2 aromatic rings. The third-order valence-corrected chi connectivity index (χ3v) is 4.48. The Morgan fingerprint density at radius 1 is 1.20 bits per heavy atom. The van der Waals surface area contributed by atoms with E-state index in [9.17, 15) is 8.42 Å². The molecule has 1 aromatic heterocycles. The predicted octanol–water partition coefficient (Wildman–Crippen LogP) is 2.35. The summed E-state index contributed by atoms with van der Waals surface area (Å²) in [4.78, 5) is 0. The van der Waals surface area contributed by atoms with Gasteiger partial charge in [-0.15, -0.1) is 11.3 Å². The molecule has 0 unspecified atom stereocenters. The van der Waals surface area contributed by atoms with E-state index >= 15 is 0 Å². The van der Waals surface area contributed by atoms with Crippen LogP contribution in [0.3, 0.4) is 0 Å². The molecule has 0 saturated heterocycles. The van der Waals surface area contributed by atoms with Crippen LogP contribution in [-0.2, 0) is 10.0 Å². The molecule has 0 aliphatic rings. The molecule has 0 amide bonds. The highest BCUT2D eigenvalue weighted by Crippen LogP contribution is 2.19. The van der Waals surface area contributed by atoms with Crippen molar-refractivity contribution in [3.05, 3.63) is 47.8 Å². The monoisotopic (exact) mass is 238 g/mol. The summed E-state index contributed by atoms with van der Waals surface area (Å²) >= 11 is 1.18. The third kappa shape index (κ3) is 2.37. The van der Waals surface area contributed by atoms with E-state index in [1.807, 2.05) is 0 Å². The van der Waals surface area contributed by atoms with Crippen LogP contribution in [0.15, 0.2) is 46.0 Å². The highest BCUT2D eigenvalue weighted by molar-refractivity contribution is 7.94. The van der Waals surface area contributed by atoms with Crippen molar-refractivity contribution in [2.24, 2.45) is 0 Å². The fourth-order valence-corrected chi connectivity index (χ4v) is 3.09. The van der Waals surface area contributed by atoms with Gasteiger partial charge in [-0.3, -0.25) is 4.72 Å². The Balaban J connectivity index is 2.27. The zero-order chi connectivity index (χ0) is 10.7. The maximum Gasteiger partial charge on any atom is 0.271 e. The summed E-state index contributed by atoms with van der Waals surface area (Å²) in [6, 6.07) is 12.9. The van der Waals surface area contributed by atoms with E-state index in [2.05, 4.69) is 10.8 Å². The molecule has 1 aromatic carbocycles. The summed E-state index contributed by atoms with van der Waals surface area (Å²) in [6.45, 7) is 0. The first kappa shape index (κ1) is 10.2. The van der Waals surface area contributed by atoms with Crippen LogP contribution in [0.2, 0.25) is 0 Å². The van der Waals surface area contributed by atoms with E-state index in [1.165, 1.54) is 11.3 Å². The molecule has 0 saturated carbocycles. The second-order valence-corrected chi connectivity index (χ2v) is 5.67. The van der Waals surface area contributed by atoms with Crippen LogP contribution >= 0.6 is 11.3 Å². The lowest BCUT2D eigenvalue weighted by atomic mass is 10.3. The number of thiophene rings is 1. The molecule has 1 radical (unpaired) electrons. The summed E-state index contributed by atoms with van der Waals surface area (Å²) in [5.74, 6) is 0. The molecule has 0 bridgehead atoms. The average molecular weight is 238 g/mol. The van der Waals surface area contributed by atoms with Crippen molar-refractivity contribution in [2.75, 3.05) is 4.72 Å². The molecule has 0 atom stereocenters. The normalized spacial score (nSPS) is 11.2. The predicted molar refractivity (Wildman–Crippen MR) is 60.4 cm³/mol. The minimum Gasteiger partial charge on any atom is -0.278 e. The minimum absolute atomic E-state index is 0.305. The number of hydrogen-bond donors (Lipinski definition) is 1. The summed E-state index contributed by atoms with van der Waals surface area (Å²) in [5, 5.41) is 1.73. The van der Waals surface area contributed by atoms with E-state index in [1.54, 1.807) is 41.8 Å². The molecule has 1 N–H and O–H groups in total. The van der Waals surface area contributed by atoms with Crippen LogP contribution in [0, 0.1) is 6.07 Å². The molecule has 3 nitrogen and oxygen atoms in total. The second-order valence-electron chi connectivity index (χ2n) is 2.81. The van der Waals surface area contributed by atoms with Gasteiger partial charge in [0.05, 0.1) is 5.69 Å². The van der Waals surface area contributed by atoms with Gasteiger partial charge in [-0.2, -0.15) is 0 Å². The van der Waals surface area contributed by atoms with Gasteiger partial charge in [-0.05, 0) is 17.5 Å². The van der Waals surface area contributed by atoms with Gasteiger partial charge in [0.2, 0.25) is 0 Å². The van der Waals surface area contributed by atoms with Crippen LogP contribution < -0.4 is 4.72 Å². The zero-order valence-corrected chi connectivity index (χ0v) is 9.31. The number of sulfonamides is 1. The van der Waals surface area contributed by atoms with Gasteiger partial charge in [0.15, 0.2) is 0 Å². The van der Waals surface area contributed by atoms with E-state index in [-0.39, 0.29) is 0 Å². The van der Waals surface area contributed by atoms with Gasteiger partial charge in [0.25, 0.3) is 10.0 Å². The lowest BCUT2D eigenvalue weighted by molar-refractivity contribution is 0.603. The maximum atomic E-state index is 11.7. The third-order valence-electron chi connectivity index (χ3n) is 1.71. The van der Waals surface area contributed by atoms with E-state index in [4.69, 9.17) is 0 Å². The van der Waals surface area contributed by atoms with Crippen LogP contribution in [0.25, 0.3) is 0 Å². The van der Waals surface area contributed by atoms with Crippen molar-refractivity contribution in [1.82, 2.24) is 0 Å². The Labute approximate surface area is 92.4 Å². The lowest BCUT2D eigenvalue weighted by Crippen LogP contribution is -2.11. The van der Waals surface area contributed by atoms with Gasteiger partial charge in [-0.1, -0.05) is 24.3 Å². The molecule has 15 heavy (non-hydrogen) atoms. The second kappa shape index (κ2) is 4.04. The van der Waals surface area contributed by atoms with Gasteiger partial charge < -0.3 is 0 Å². The number of benzene rings is 1. The van der Waals surface area contributed by atoms with E-state index in [0.717, 1.165) is 0 Å². The van der Waals surface area contributed by atoms with Gasteiger partial charge in [-0.25, -0.2) is 8.42 Å². The topological polar surface area (TPSA) is 46.2 Å². The molecule has 5 heteroatoms. The molecule has 0 aliphatic heterocycles. The molecular formula is C10H8NO2S2.